The Morgan fingerprint density at radius 3 is 2.10 bits per heavy atom. The minimum atomic E-state index is 0.177. The standard InChI is InChI=1S/C18H29NO/c1-17(2,3)14-18(4,5)15-8-10-16(11-9-15)20-13-7-6-12-19/h6-11H,12-14,19H2,1-5H3. The van der Waals surface area contributed by atoms with E-state index in [1.54, 1.807) is 0 Å². The molecule has 0 bridgehead atoms. The molecule has 0 saturated carbocycles. The molecule has 0 amide bonds. The summed E-state index contributed by atoms with van der Waals surface area (Å²) in [6.45, 7) is 12.6. The molecule has 0 fully saturated rings. The molecule has 20 heavy (non-hydrogen) atoms. The zero-order valence-electron chi connectivity index (χ0n) is 13.6. The fourth-order valence-electron chi connectivity index (χ4n) is 2.74. The van der Waals surface area contributed by atoms with Crippen LogP contribution in [0.25, 0.3) is 0 Å². The maximum atomic E-state index is 5.63. The Morgan fingerprint density at radius 2 is 1.60 bits per heavy atom. The van der Waals surface area contributed by atoms with Gasteiger partial charge in [-0.05, 0) is 34.9 Å². The zero-order chi connectivity index (χ0) is 15.2. The molecule has 0 unspecified atom stereocenters. The number of hydrogen-bond donors (Lipinski definition) is 1. The van der Waals surface area contributed by atoms with Crippen molar-refractivity contribution in [3.8, 4) is 5.75 Å². The van der Waals surface area contributed by atoms with Gasteiger partial charge in [-0.3, -0.25) is 0 Å². The average molecular weight is 275 g/mol. The summed E-state index contributed by atoms with van der Waals surface area (Å²) in [4.78, 5) is 0. The number of hydrogen-bond acceptors (Lipinski definition) is 2. The van der Waals surface area contributed by atoms with Crippen LogP contribution in [-0.4, -0.2) is 13.2 Å². The van der Waals surface area contributed by atoms with Gasteiger partial charge in [0.1, 0.15) is 12.4 Å². The van der Waals surface area contributed by atoms with E-state index in [1.165, 1.54) is 5.56 Å². The maximum absolute atomic E-state index is 5.63. The minimum Gasteiger partial charge on any atom is -0.490 e. The van der Waals surface area contributed by atoms with Gasteiger partial charge >= 0.3 is 0 Å². The molecule has 0 aliphatic heterocycles. The third kappa shape index (κ3) is 5.79. The molecule has 0 radical (unpaired) electrons. The highest BCUT2D eigenvalue weighted by molar-refractivity contribution is 5.31. The van der Waals surface area contributed by atoms with Crippen molar-refractivity contribution in [3.63, 3.8) is 0 Å². The van der Waals surface area contributed by atoms with Crippen molar-refractivity contribution in [2.45, 2.75) is 46.5 Å². The molecule has 1 aromatic carbocycles. The predicted octanol–water partition coefficient (Wildman–Crippen LogP) is 4.29. The van der Waals surface area contributed by atoms with Gasteiger partial charge in [0.05, 0.1) is 0 Å². The highest BCUT2D eigenvalue weighted by atomic mass is 16.5. The molecule has 1 rings (SSSR count). The smallest absolute Gasteiger partial charge is 0.119 e. The van der Waals surface area contributed by atoms with Gasteiger partial charge in [-0.15, -0.1) is 0 Å². The predicted molar refractivity (Wildman–Crippen MR) is 87.2 cm³/mol. The van der Waals surface area contributed by atoms with Gasteiger partial charge in [0.25, 0.3) is 0 Å². The summed E-state index contributed by atoms with van der Waals surface area (Å²) in [5, 5.41) is 0. The molecule has 0 saturated heterocycles. The van der Waals surface area contributed by atoms with Crippen molar-refractivity contribution in [2.75, 3.05) is 13.2 Å². The lowest BCUT2D eigenvalue weighted by atomic mass is 9.72. The fourth-order valence-corrected chi connectivity index (χ4v) is 2.74. The fraction of sp³-hybridized carbons (Fsp3) is 0.556. The van der Waals surface area contributed by atoms with Gasteiger partial charge in [-0.2, -0.15) is 0 Å². The van der Waals surface area contributed by atoms with Crippen LogP contribution < -0.4 is 10.5 Å². The first-order chi connectivity index (χ1) is 9.24. The largest absolute Gasteiger partial charge is 0.490 e. The Kier molecular flexibility index (Phi) is 5.82. The first kappa shape index (κ1) is 16.8. The van der Waals surface area contributed by atoms with Gasteiger partial charge in [0.15, 0.2) is 0 Å². The van der Waals surface area contributed by atoms with Crippen LogP contribution in [0.2, 0.25) is 0 Å². The number of benzene rings is 1. The summed E-state index contributed by atoms with van der Waals surface area (Å²) in [6.07, 6.45) is 5.00. The summed E-state index contributed by atoms with van der Waals surface area (Å²) in [6, 6.07) is 8.45. The summed E-state index contributed by atoms with van der Waals surface area (Å²) < 4.78 is 5.63. The van der Waals surface area contributed by atoms with Crippen molar-refractivity contribution >= 4 is 0 Å². The van der Waals surface area contributed by atoms with Crippen LogP contribution in [-0.2, 0) is 5.41 Å². The molecule has 2 heteroatoms. The normalized spacial score (nSPS) is 12.9. The summed E-state index contributed by atoms with van der Waals surface area (Å²) in [5.74, 6) is 0.905. The third-order valence-corrected chi connectivity index (χ3v) is 3.26. The van der Waals surface area contributed by atoms with Crippen LogP contribution in [0.4, 0.5) is 0 Å². The lowest BCUT2D eigenvalue weighted by molar-refractivity contribution is 0.284. The Balaban J connectivity index is 2.68. The van der Waals surface area contributed by atoms with Crippen molar-refractivity contribution in [1.82, 2.24) is 0 Å². The lowest BCUT2D eigenvalue weighted by Gasteiger charge is -2.33. The van der Waals surface area contributed by atoms with E-state index in [9.17, 15) is 0 Å². The van der Waals surface area contributed by atoms with Crippen LogP contribution in [0, 0.1) is 5.41 Å². The van der Waals surface area contributed by atoms with Crippen LogP contribution >= 0.6 is 0 Å². The van der Waals surface area contributed by atoms with E-state index in [4.69, 9.17) is 10.5 Å². The maximum Gasteiger partial charge on any atom is 0.119 e. The molecule has 0 atom stereocenters. The van der Waals surface area contributed by atoms with E-state index in [1.807, 2.05) is 12.2 Å². The summed E-state index contributed by atoms with van der Waals surface area (Å²) >= 11 is 0. The van der Waals surface area contributed by atoms with Gasteiger partial charge in [-0.25, -0.2) is 0 Å². The molecular weight excluding hydrogens is 246 g/mol. The second-order valence-corrected chi connectivity index (χ2v) is 7.16. The zero-order valence-corrected chi connectivity index (χ0v) is 13.6. The third-order valence-electron chi connectivity index (χ3n) is 3.26. The van der Waals surface area contributed by atoms with E-state index in [-0.39, 0.29) is 5.41 Å². The SMILES string of the molecule is CC(C)(C)CC(C)(C)c1ccc(OCC=CCN)cc1. The Bertz CT molecular complexity index is 424. The second kappa shape index (κ2) is 6.94. The molecule has 1 aromatic rings. The highest BCUT2D eigenvalue weighted by Crippen LogP contribution is 2.36. The summed E-state index contributed by atoms with van der Waals surface area (Å²) in [5.41, 5.74) is 7.24. The van der Waals surface area contributed by atoms with Crippen molar-refractivity contribution in [3.05, 3.63) is 42.0 Å². The molecular formula is C18H29NO. The van der Waals surface area contributed by atoms with Crippen LogP contribution in [0.15, 0.2) is 36.4 Å². The number of rotatable bonds is 6. The van der Waals surface area contributed by atoms with E-state index >= 15 is 0 Å². The van der Waals surface area contributed by atoms with Crippen molar-refractivity contribution in [2.24, 2.45) is 11.1 Å². The first-order valence-corrected chi connectivity index (χ1v) is 7.33. The van der Waals surface area contributed by atoms with Crippen molar-refractivity contribution < 1.29 is 4.74 Å². The first-order valence-electron chi connectivity index (χ1n) is 7.33. The van der Waals surface area contributed by atoms with Crippen molar-refractivity contribution in [1.29, 1.82) is 0 Å². The molecule has 0 spiro atoms. The van der Waals surface area contributed by atoms with Gasteiger partial charge in [-0.1, -0.05) is 58.9 Å². The monoisotopic (exact) mass is 275 g/mol. The Hall–Kier alpha value is -1.28. The van der Waals surface area contributed by atoms with Crippen LogP contribution in [0.1, 0.15) is 46.6 Å². The Morgan fingerprint density at radius 1 is 1.00 bits per heavy atom. The lowest BCUT2D eigenvalue weighted by Crippen LogP contribution is -2.24. The highest BCUT2D eigenvalue weighted by Gasteiger charge is 2.27. The topological polar surface area (TPSA) is 35.2 Å². The van der Waals surface area contributed by atoms with E-state index < -0.39 is 0 Å². The molecule has 0 aliphatic carbocycles. The molecule has 2 N–H and O–H groups in total. The quantitative estimate of drug-likeness (QED) is 0.786. The van der Waals surface area contributed by atoms with E-state index in [2.05, 4.69) is 58.9 Å². The minimum absolute atomic E-state index is 0.177. The van der Waals surface area contributed by atoms with Crippen LogP contribution in [0.5, 0.6) is 5.75 Å². The summed E-state index contributed by atoms with van der Waals surface area (Å²) in [7, 11) is 0. The molecule has 0 aliphatic rings. The van der Waals surface area contributed by atoms with Gasteiger partial charge in [0, 0.05) is 6.54 Å². The van der Waals surface area contributed by atoms with E-state index in [0.29, 0.717) is 18.6 Å². The number of nitrogens with two attached hydrogens (primary N) is 1. The molecule has 0 aromatic heterocycles. The molecule has 112 valence electrons. The van der Waals surface area contributed by atoms with E-state index in [0.717, 1.165) is 12.2 Å². The molecule has 0 heterocycles. The van der Waals surface area contributed by atoms with Gasteiger partial charge in [0.2, 0.25) is 0 Å². The molecule has 2 nitrogen and oxygen atoms in total. The average Bonchev–Trinajstić information content (AvgIpc) is 2.32. The van der Waals surface area contributed by atoms with Gasteiger partial charge < -0.3 is 10.5 Å². The number of ether oxygens (including phenoxy) is 1. The Labute approximate surface area is 124 Å². The second-order valence-electron chi connectivity index (χ2n) is 7.16. The van der Waals surface area contributed by atoms with Crippen LogP contribution in [0.3, 0.4) is 0 Å².